The van der Waals surface area contributed by atoms with Crippen LogP contribution < -0.4 is 14.8 Å². The van der Waals surface area contributed by atoms with Gasteiger partial charge in [-0.3, -0.25) is 9.78 Å². The SMILES string of the molecule is CCOc1cc(C(=O)NC(C)c2cc3ccccc3o2)ccc1OCc1cccnc1. The first-order valence-corrected chi connectivity index (χ1v) is 10.2. The lowest BCUT2D eigenvalue weighted by molar-refractivity contribution is 0.0935. The van der Waals surface area contributed by atoms with Crippen LogP contribution in [0.4, 0.5) is 0 Å². The van der Waals surface area contributed by atoms with Crippen molar-refractivity contribution in [2.75, 3.05) is 6.61 Å². The highest BCUT2D eigenvalue weighted by Crippen LogP contribution is 2.30. The van der Waals surface area contributed by atoms with E-state index in [4.69, 9.17) is 13.9 Å². The van der Waals surface area contributed by atoms with Crippen molar-refractivity contribution in [1.29, 1.82) is 0 Å². The molecule has 2 aromatic heterocycles. The van der Waals surface area contributed by atoms with E-state index in [0.29, 0.717) is 36.0 Å². The summed E-state index contributed by atoms with van der Waals surface area (Å²) in [6.45, 7) is 4.61. The normalized spacial score (nSPS) is 11.8. The van der Waals surface area contributed by atoms with Gasteiger partial charge in [0.05, 0.1) is 12.6 Å². The molecule has 6 heteroatoms. The van der Waals surface area contributed by atoms with Crippen LogP contribution in [-0.4, -0.2) is 17.5 Å². The molecule has 2 heterocycles. The van der Waals surface area contributed by atoms with E-state index < -0.39 is 0 Å². The second-order valence-corrected chi connectivity index (χ2v) is 7.13. The quantitative estimate of drug-likeness (QED) is 0.422. The molecule has 0 saturated carbocycles. The first-order chi connectivity index (χ1) is 15.1. The number of furan rings is 1. The van der Waals surface area contributed by atoms with Crippen molar-refractivity contribution in [2.45, 2.75) is 26.5 Å². The van der Waals surface area contributed by atoms with Crippen LogP contribution in [0, 0.1) is 0 Å². The number of nitrogens with zero attached hydrogens (tertiary/aromatic N) is 1. The third-order valence-corrected chi connectivity index (χ3v) is 4.84. The second-order valence-electron chi connectivity index (χ2n) is 7.13. The van der Waals surface area contributed by atoms with Crippen LogP contribution in [0.25, 0.3) is 11.0 Å². The minimum absolute atomic E-state index is 0.215. The molecule has 1 atom stereocenters. The smallest absolute Gasteiger partial charge is 0.252 e. The molecule has 0 aliphatic heterocycles. The minimum atomic E-state index is -0.281. The molecule has 0 radical (unpaired) electrons. The number of carbonyl (C=O) groups excluding carboxylic acids is 1. The van der Waals surface area contributed by atoms with Gasteiger partial charge in [0.25, 0.3) is 5.91 Å². The van der Waals surface area contributed by atoms with Gasteiger partial charge in [-0.25, -0.2) is 0 Å². The number of amides is 1. The zero-order valence-corrected chi connectivity index (χ0v) is 17.5. The molecular weight excluding hydrogens is 392 g/mol. The lowest BCUT2D eigenvalue weighted by Gasteiger charge is -2.15. The molecule has 0 saturated heterocycles. The molecule has 4 rings (SSSR count). The number of carbonyl (C=O) groups is 1. The van der Waals surface area contributed by atoms with E-state index in [1.165, 1.54) is 0 Å². The van der Waals surface area contributed by atoms with Crippen LogP contribution in [0.1, 0.15) is 41.6 Å². The predicted molar refractivity (Wildman–Crippen MR) is 118 cm³/mol. The van der Waals surface area contributed by atoms with Gasteiger partial charge < -0.3 is 19.2 Å². The number of ether oxygens (including phenoxy) is 2. The van der Waals surface area contributed by atoms with Crippen molar-refractivity contribution in [3.63, 3.8) is 0 Å². The fourth-order valence-corrected chi connectivity index (χ4v) is 3.25. The molecule has 0 aliphatic rings. The van der Waals surface area contributed by atoms with E-state index in [0.717, 1.165) is 16.5 Å². The zero-order valence-electron chi connectivity index (χ0n) is 17.5. The zero-order chi connectivity index (χ0) is 21.6. The van der Waals surface area contributed by atoms with Gasteiger partial charge in [-0.2, -0.15) is 0 Å². The number of para-hydroxylation sites is 1. The number of benzene rings is 2. The summed E-state index contributed by atoms with van der Waals surface area (Å²) in [5.74, 6) is 1.59. The molecule has 0 bridgehead atoms. The van der Waals surface area contributed by atoms with Crippen LogP contribution in [0.15, 0.2) is 77.5 Å². The van der Waals surface area contributed by atoms with Gasteiger partial charge in [-0.05, 0) is 50.2 Å². The third kappa shape index (κ3) is 4.86. The first kappa shape index (κ1) is 20.5. The summed E-state index contributed by atoms with van der Waals surface area (Å²) in [6, 6.07) is 18.4. The summed E-state index contributed by atoms with van der Waals surface area (Å²) in [7, 11) is 0. The minimum Gasteiger partial charge on any atom is -0.490 e. The van der Waals surface area contributed by atoms with Gasteiger partial charge >= 0.3 is 0 Å². The monoisotopic (exact) mass is 416 g/mol. The summed E-state index contributed by atoms with van der Waals surface area (Å²) >= 11 is 0. The maximum absolute atomic E-state index is 12.8. The number of pyridine rings is 1. The Balaban J connectivity index is 1.47. The van der Waals surface area contributed by atoms with Crippen LogP contribution in [0.2, 0.25) is 0 Å². The number of nitrogens with one attached hydrogen (secondary N) is 1. The molecular formula is C25H24N2O4. The lowest BCUT2D eigenvalue weighted by atomic mass is 10.1. The molecule has 1 amide bonds. The molecule has 0 fully saturated rings. The van der Waals surface area contributed by atoms with Gasteiger partial charge in [0, 0.05) is 28.9 Å². The molecule has 6 nitrogen and oxygen atoms in total. The maximum Gasteiger partial charge on any atom is 0.252 e. The molecule has 2 aromatic carbocycles. The fourth-order valence-electron chi connectivity index (χ4n) is 3.25. The van der Waals surface area contributed by atoms with Gasteiger partial charge in [0.1, 0.15) is 18.0 Å². The van der Waals surface area contributed by atoms with Crippen molar-refractivity contribution in [3.8, 4) is 11.5 Å². The van der Waals surface area contributed by atoms with E-state index in [1.54, 1.807) is 30.6 Å². The topological polar surface area (TPSA) is 73.6 Å². The number of hydrogen-bond donors (Lipinski definition) is 1. The standard InChI is InChI=1S/C25H24N2O4/c1-3-29-24-14-20(10-11-22(24)30-16-18-7-6-12-26-15-18)25(28)27-17(2)23-13-19-8-4-5-9-21(19)31-23/h4-15,17H,3,16H2,1-2H3,(H,27,28). The Morgan fingerprint density at radius 1 is 1.06 bits per heavy atom. The first-order valence-electron chi connectivity index (χ1n) is 10.2. The van der Waals surface area contributed by atoms with Gasteiger partial charge in [0.15, 0.2) is 11.5 Å². The van der Waals surface area contributed by atoms with Gasteiger partial charge in [0.2, 0.25) is 0 Å². The highest BCUT2D eigenvalue weighted by molar-refractivity contribution is 5.95. The molecule has 1 N–H and O–H groups in total. The summed E-state index contributed by atoms with van der Waals surface area (Å²) in [5.41, 5.74) is 2.24. The van der Waals surface area contributed by atoms with Crippen LogP contribution >= 0.6 is 0 Å². The van der Waals surface area contributed by atoms with Crippen LogP contribution in [0.5, 0.6) is 11.5 Å². The predicted octanol–water partition coefficient (Wildman–Crippen LogP) is 5.30. The number of rotatable bonds is 8. The number of fused-ring (bicyclic) bond motifs is 1. The molecule has 31 heavy (non-hydrogen) atoms. The average Bonchev–Trinajstić information content (AvgIpc) is 3.23. The maximum atomic E-state index is 12.8. The van der Waals surface area contributed by atoms with E-state index in [1.807, 2.05) is 56.3 Å². The molecule has 0 aliphatic carbocycles. The Bertz CT molecular complexity index is 1140. The summed E-state index contributed by atoms with van der Waals surface area (Å²) < 4.78 is 17.4. The summed E-state index contributed by atoms with van der Waals surface area (Å²) in [6.07, 6.45) is 3.47. The Kier molecular flexibility index (Phi) is 6.17. The van der Waals surface area contributed by atoms with Gasteiger partial charge in [-0.15, -0.1) is 0 Å². The van der Waals surface area contributed by atoms with E-state index in [9.17, 15) is 4.79 Å². The van der Waals surface area contributed by atoms with E-state index in [2.05, 4.69) is 10.3 Å². The third-order valence-electron chi connectivity index (χ3n) is 4.84. The van der Waals surface area contributed by atoms with Crippen molar-refractivity contribution in [1.82, 2.24) is 10.3 Å². The summed E-state index contributed by atoms with van der Waals surface area (Å²) in [5, 5.41) is 3.99. The molecule has 0 spiro atoms. The Morgan fingerprint density at radius 2 is 1.94 bits per heavy atom. The highest BCUT2D eigenvalue weighted by atomic mass is 16.5. The van der Waals surface area contributed by atoms with Crippen molar-refractivity contribution >= 4 is 16.9 Å². The van der Waals surface area contributed by atoms with Gasteiger partial charge in [-0.1, -0.05) is 24.3 Å². The van der Waals surface area contributed by atoms with Crippen LogP contribution in [0.3, 0.4) is 0 Å². The molecule has 4 aromatic rings. The van der Waals surface area contributed by atoms with E-state index >= 15 is 0 Å². The van der Waals surface area contributed by atoms with Crippen molar-refractivity contribution < 1.29 is 18.7 Å². The number of hydrogen-bond acceptors (Lipinski definition) is 5. The Labute approximate surface area is 180 Å². The lowest BCUT2D eigenvalue weighted by Crippen LogP contribution is -2.26. The van der Waals surface area contributed by atoms with Crippen LogP contribution in [-0.2, 0) is 6.61 Å². The average molecular weight is 416 g/mol. The van der Waals surface area contributed by atoms with Crippen molar-refractivity contribution in [3.05, 3.63) is 89.9 Å². The molecule has 1 unspecified atom stereocenters. The summed E-state index contributed by atoms with van der Waals surface area (Å²) in [4.78, 5) is 16.9. The Hall–Kier alpha value is -3.80. The van der Waals surface area contributed by atoms with Crippen molar-refractivity contribution in [2.24, 2.45) is 0 Å². The van der Waals surface area contributed by atoms with E-state index in [-0.39, 0.29) is 11.9 Å². The largest absolute Gasteiger partial charge is 0.490 e. The fraction of sp³-hybridized carbons (Fsp3) is 0.200. The second kappa shape index (κ2) is 9.34. The Morgan fingerprint density at radius 3 is 2.71 bits per heavy atom. The molecule has 158 valence electrons. The highest BCUT2D eigenvalue weighted by Gasteiger charge is 2.17. The number of aromatic nitrogens is 1.